The molecule has 27 heavy (non-hydrogen) atoms. The number of carbonyl (C=O) groups excluding carboxylic acids is 1. The van der Waals surface area contributed by atoms with E-state index < -0.39 is 0 Å². The van der Waals surface area contributed by atoms with Crippen molar-refractivity contribution in [3.63, 3.8) is 0 Å². The minimum Gasteiger partial charge on any atom is -0.494 e. The number of methoxy groups -OCH3 is 1. The van der Waals surface area contributed by atoms with E-state index in [9.17, 15) is 4.79 Å². The van der Waals surface area contributed by atoms with Gasteiger partial charge in [0.15, 0.2) is 10.9 Å². The normalized spacial score (nSPS) is 11.3. The van der Waals surface area contributed by atoms with Crippen LogP contribution in [0.2, 0.25) is 5.02 Å². The molecular weight excluding hydrogens is 386 g/mol. The Kier molecular flexibility index (Phi) is 6.36. The van der Waals surface area contributed by atoms with E-state index in [4.69, 9.17) is 20.8 Å². The average Bonchev–Trinajstić information content (AvgIpc) is 3.36. The molecule has 1 aromatic carbocycles. The van der Waals surface area contributed by atoms with Crippen molar-refractivity contribution < 1.29 is 13.9 Å². The van der Waals surface area contributed by atoms with Gasteiger partial charge in [-0.25, -0.2) is 4.98 Å². The van der Waals surface area contributed by atoms with Gasteiger partial charge in [-0.1, -0.05) is 36.8 Å². The van der Waals surface area contributed by atoms with E-state index in [-0.39, 0.29) is 11.7 Å². The predicted octanol–water partition coefficient (Wildman–Crippen LogP) is 4.54. The standard InChI is InChI=1S/C19H22ClN3O3S/c1-4-22(5-2)10-11-23(18(24)15-7-6-12-26-15)19-21-16-14(25-3)9-8-13(20)17(16)27-19/h6-9,12H,4-5,10-11H2,1-3H3. The molecular formula is C19H22ClN3O3S. The number of likely N-dealkylation sites (N-methyl/N-ethyl adjacent to an activating group) is 1. The van der Waals surface area contributed by atoms with Crippen LogP contribution in [0.5, 0.6) is 5.75 Å². The van der Waals surface area contributed by atoms with Crippen molar-refractivity contribution in [2.45, 2.75) is 13.8 Å². The highest BCUT2D eigenvalue weighted by atomic mass is 35.5. The van der Waals surface area contributed by atoms with Crippen LogP contribution in [0.25, 0.3) is 10.2 Å². The summed E-state index contributed by atoms with van der Waals surface area (Å²) in [5.41, 5.74) is 0.657. The Morgan fingerprint density at radius 3 is 2.67 bits per heavy atom. The molecule has 0 saturated carbocycles. The number of anilines is 1. The Balaban J connectivity index is 2.00. The summed E-state index contributed by atoms with van der Waals surface area (Å²) in [6, 6.07) is 6.92. The number of rotatable bonds is 8. The molecule has 0 unspecified atom stereocenters. The first-order valence-corrected chi connectivity index (χ1v) is 9.99. The van der Waals surface area contributed by atoms with E-state index in [0.717, 1.165) is 24.3 Å². The summed E-state index contributed by atoms with van der Waals surface area (Å²) in [5.74, 6) is 0.694. The van der Waals surface area contributed by atoms with Crippen LogP contribution < -0.4 is 9.64 Å². The quantitative estimate of drug-likeness (QED) is 0.548. The monoisotopic (exact) mass is 407 g/mol. The molecule has 2 heterocycles. The molecule has 0 radical (unpaired) electrons. The topological polar surface area (TPSA) is 58.8 Å². The Morgan fingerprint density at radius 2 is 2.04 bits per heavy atom. The number of carbonyl (C=O) groups is 1. The zero-order valence-electron chi connectivity index (χ0n) is 15.6. The smallest absolute Gasteiger partial charge is 0.295 e. The lowest BCUT2D eigenvalue weighted by atomic mass is 10.3. The second kappa shape index (κ2) is 8.73. The van der Waals surface area contributed by atoms with Crippen LogP contribution in [0.4, 0.5) is 5.13 Å². The zero-order valence-corrected chi connectivity index (χ0v) is 17.1. The summed E-state index contributed by atoms with van der Waals surface area (Å²) >= 11 is 7.72. The van der Waals surface area contributed by atoms with Crippen molar-refractivity contribution in [3.05, 3.63) is 41.3 Å². The van der Waals surface area contributed by atoms with Crippen molar-refractivity contribution in [3.8, 4) is 5.75 Å². The molecule has 0 N–H and O–H groups in total. The number of fused-ring (bicyclic) bond motifs is 1. The maximum absolute atomic E-state index is 13.0. The van der Waals surface area contributed by atoms with Crippen LogP contribution in [0.1, 0.15) is 24.4 Å². The lowest BCUT2D eigenvalue weighted by Crippen LogP contribution is -2.38. The van der Waals surface area contributed by atoms with Gasteiger partial charge in [-0.05, 0) is 37.4 Å². The van der Waals surface area contributed by atoms with Gasteiger partial charge in [-0.15, -0.1) is 0 Å². The summed E-state index contributed by atoms with van der Waals surface area (Å²) < 4.78 is 11.5. The number of furan rings is 1. The molecule has 0 aliphatic rings. The van der Waals surface area contributed by atoms with Gasteiger partial charge in [-0.3, -0.25) is 9.69 Å². The number of hydrogen-bond acceptors (Lipinski definition) is 6. The van der Waals surface area contributed by atoms with Crippen molar-refractivity contribution in [2.75, 3.05) is 38.2 Å². The largest absolute Gasteiger partial charge is 0.494 e. The summed E-state index contributed by atoms with van der Waals surface area (Å²) in [6.45, 7) is 7.27. The Bertz CT molecular complexity index is 906. The fraction of sp³-hybridized carbons (Fsp3) is 0.368. The van der Waals surface area contributed by atoms with Crippen LogP contribution in [-0.2, 0) is 0 Å². The van der Waals surface area contributed by atoms with Crippen molar-refractivity contribution >= 4 is 44.2 Å². The van der Waals surface area contributed by atoms with Crippen LogP contribution in [0, 0.1) is 0 Å². The fourth-order valence-corrected chi connectivity index (χ4v) is 4.10. The molecule has 144 valence electrons. The maximum atomic E-state index is 13.0. The van der Waals surface area contributed by atoms with Crippen LogP contribution in [-0.4, -0.2) is 49.1 Å². The summed E-state index contributed by atoms with van der Waals surface area (Å²) in [4.78, 5) is 21.6. The highest BCUT2D eigenvalue weighted by Gasteiger charge is 2.25. The third-order valence-corrected chi connectivity index (χ3v) is 5.95. The molecule has 2 aromatic heterocycles. The number of nitrogens with zero attached hydrogens (tertiary/aromatic N) is 3. The van der Waals surface area contributed by atoms with Crippen LogP contribution in [0.3, 0.4) is 0 Å². The van der Waals surface area contributed by atoms with Gasteiger partial charge in [0, 0.05) is 13.1 Å². The van der Waals surface area contributed by atoms with E-state index in [1.165, 1.54) is 17.6 Å². The van der Waals surface area contributed by atoms with Gasteiger partial charge >= 0.3 is 0 Å². The summed E-state index contributed by atoms with van der Waals surface area (Å²) in [7, 11) is 1.59. The number of benzene rings is 1. The van der Waals surface area contributed by atoms with Crippen LogP contribution in [0.15, 0.2) is 34.9 Å². The molecule has 0 saturated heterocycles. The number of halogens is 1. The summed E-state index contributed by atoms with van der Waals surface area (Å²) in [5, 5.41) is 1.16. The number of amides is 1. The first-order chi connectivity index (χ1) is 13.1. The molecule has 0 aliphatic heterocycles. The lowest BCUT2D eigenvalue weighted by molar-refractivity contribution is 0.0957. The van der Waals surface area contributed by atoms with Gasteiger partial charge in [0.1, 0.15) is 11.3 Å². The maximum Gasteiger partial charge on any atom is 0.295 e. The highest BCUT2D eigenvalue weighted by Crippen LogP contribution is 2.39. The molecule has 8 heteroatoms. The van der Waals surface area contributed by atoms with E-state index in [0.29, 0.717) is 28.0 Å². The Morgan fingerprint density at radius 1 is 1.26 bits per heavy atom. The first kappa shape index (κ1) is 19.7. The summed E-state index contributed by atoms with van der Waals surface area (Å²) in [6.07, 6.45) is 1.49. The Hall–Kier alpha value is -2.09. The lowest BCUT2D eigenvalue weighted by Gasteiger charge is -2.24. The van der Waals surface area contributed by atoms with Crippen molar-refractivity contribution in [2.24, 2.45) is 0 Å². The van der Waals surface area contributed by atoms with E-state index in [2.05, 4.69) is 23.7 Å². The first-order valence-electron chi connectivity index (χ1n) is 8.79. The number of thiazole rings is 1. The van der Waals surface area contributed by atoms with Gasteiger partial charge in [0.25, 0.3) is 5.91 Å². The van der Waals surface area contributed by atoms with E-state index in [1.807, 2.05) is 0 Å². The molecule has 0 aliphatic carbocycles. The molecule has 6 nitrogen and oxygen atoms in total. The predicted molar refractivity (Wildman–Crippen MR) is 109 cm³/mol. The van der Waals surface area contributed by atoms with Gasteiger partial charge in [0.2, 0.25) is 0 Å². The van der Waals surface area contributed by atoms with E-state index in [1.54, 1.807) is 36.3 Å². The Labute approximate surface area is 167 Å². The molecule has 3 aromatic rings. The second-order valence-corrected chi connectivity index (χ2v) is 7.27. The van der Waals surface area contributed by atoms with Crippen molar-refractivity contribution in [1.29, 1.82) is 0 Å². The third-order valence-electron chi connectivity index (χ3n) is 4.41. The molecule has 1 amide bonds. The van der Waals surface area contributed by atoms with Crippen molar-refractivity contribution in [1.82, 2.24) is 9.88 Å². The van der Waals surface area contributed by atoms with Crippen LogP contribution >= 0.6 is 22.9 Å². The number of hydrogen-bond donors (Lipinski definition) is 0. The molecule has 3 rings (SSSR count). The zero-order chi connectivity index (χ0) is 19.4. The van der Waals surface area contributed by atoms with Gasteiger partial charge in [-0.2, -0.15) is 0 Å². The van der Waals surface area contributed by atoms with E-state index >= 15 is 0 Å². The average molecular weight is 408 g/mol. The molecule has 0 bridgehead atoms. The minimum atomic E-state index is -0.221. The molecule has 0 atom stereocenters. The SMILES string of the molecule is CCN(CC)CCN(C(=O)c1ccco1)c1nc2c(OC)ccc(Cl)c2s1. The highest BCUT2D eigenvalue weighted by molar-refractivity contribution is 7.23. The molecule has 0 spiro atoms. The molecule has 0 fully saturated rings. The third kappa shape index (κ3) is 4.10. The minimum absolute atomic E-state index is 0.221. The fourth-order valence-electron chi connectivity index (χ4n) is 2.82. The second-order valence-electron chi connectivity index (χ2n) is 5.88. The van der Waals surface area contributed by atoms with Gasteiger partial charge in [0.05, 0.1) is 23.1 Å². The van der Waals surface area contributed by atoms with Gasteiger partial charge < -0.3 is 14.1 Å². The number of aromatic nitrogens is 1. The number of ether oxygens (including phenoxy) is 1.